The summed E-state index contributed by atoms with van der Waals surface area (Å²) in [5.41, 5.74) is 2.34. The first-order valence-electron chi connectivity index (χ1n) is 10.4. The van der Waals surface area contributed by atoms with E-state index in [0.717, 1.165) is 18.1 Å². The van der Waals surface area contributed by atoms with Crippen molar-refractivity contribution >= 4 is 28.5 Å². The van der Waals surface area contributed by atoms with E-state index in [4.69, 9.17) is 0 Å². The van der Waals surface area contributed by atoms with E-state index in [9.17, 15) is 18.0 Å². The molecule has 0 radical (unpaired) electrons. The number of thioether (sulfide) groups is 1. The summed E-state index contributed by atoms with van der Waals surface area (Å²) in [5.74, 6) is -3.31. The van der Waals surface area contributed by atoms with Gasteiger partial charge in [0.15, 0.2) is 5.17 Å². The molecule has 1 aliphatic heterocycles. The summed E-state index contributed by atoms with van der Waals surface area (Å²) >= 11 is 1.27. The molecule has 0 saturated heterocycles. The highest BCUT2D eigenvalue weighted by Crippen LogP contribution is 2.30. The summed E-state index contributed by atoms with van der Waals surface area (Å²) in [6, 6.07) is 11.7. The quantitative estimate of drug-likeness (QED) is 0.516. The van der Waals surface area contributed by atoms with E-state index in [-0.39, 0.29) is 18.1 Å². The lowest BCUT2D eigenvalue weighted by molar-refractivity contribution is 0.0100. The fourth-order valence-corrected chi connectivity index (χ4v) is 4.00. The van der Waals surface area contributed by atoms with Crippen molar-refractivity contribution in [2.75, 3.05) is 17.2 Å². The molecule has 1 unspecified atom stereocenters. The Morgan fingerprint density at radius 1 is 1.24 bits per heavy atom. The van der Waals surface area contributed by atoms with Crippen molar-refractivity contribution in [3.8, 4) is 0 Å². The Balaban J connectivity index is 1.90. The molecule has 0 fully saturated rings. The molecule has 0 aliphatic carbocycles. The van der Waals surface area contributed by atoms with Crippen molar-refractivity contribution < 1.29 is 18.0 Å². The first-order valence-corrected chi connectivity index (χ1v) is 11.4. The van der Waals surface area contributed by atoms with Gasteiger partial charge in [-0.3, -0.25) is 4.79 Å². The third-order valence-corrected chi connectivity index (χ3v) is 5.82. The molecule has 1 amide bonds. The lowest BCUT2D eigenvalue weighted by Gasteiger charge is -2.27. The monoisotopic (exact) mass is 473 g/mol. The molecule has 0 spiro atoms. The molecule has 2 aromatic carbocycles. The molecular formula is C25H26F3N3OS. The minimum atomic E-state index is -3.05. The number of benzene rings is 2. The van der Waals surface area contributed by atoms with Gasteiger partial charge in [-0.05, 0) is 36.8 Å². The molecule has 4 nitrogen and oxygen atoms in total. The number of nitrogens with one attached hydrogen (secondary N) is 1. The number of nitrogens with zero attached hydrogens (tertiary/aromatic N) is 2. The van der Waals surface area contributed by atoms with Crippen molar-refractivity contribution in [3.63, 3.8) is 0 Å². The van der Waals surface area contributed by atoms with E-state index in [0.29, 0.717) is 23.0 Å². The van der Waals surface area contributed by atoms with Gasteiger partial charge in [-0.1, -0.05) is 60.3 Å². The molecule has 33 heavy (non-hydrogen) atoms. The topological polar surface area (TPSA) is 44.7 Å². The Labute approximate surface area is 196 Å². The van der Waals surface area contributed by atoms with E-state index in [1.807, 2.05) is 6.92 Å². The van der Waals surface area contributed by atoms with E-state index >= 15 is 0 Å². The number of amidine groups is 1. The lowest BCUT2D eigenvalue weighted by Crippen LogP contribution is -2.33. The minimum Gasteiger partial charge on any atom is -0.348 e. The van der Waals surface area contributed by atoms with Gasteiger partial charge in [0.25, 0.3) is 11.8 Å². The van der Waals surface area contributed by atoms with Gasteiger partial charge in [0.2, 0.25) is 0 Å². The summed E-state index contributed by atoms with van der Waals surface area (Å²) in [5, 5.41) is 3.08. The highest BCUT2D eigenvalue weighted by molar-refractivity contribution is 8.14. The van der Waals surface area contributed by atoms with Crippen LogP contribution in [0.3, 0.4) is 0 Å². The maximum Gasteiger partial charge on any atom is 0.270 e. The Kier molecular flexibility index (Phi) is 8.02. The van der Waals surface area contributed by atoms with Crippen LogP contribution in [0.5, 0.6) is 0 Å². The Morgan fingerprint density at radius 3 is 2.58 bits per heavy atom. The number of halogens is 3. The van der Waals surface area contributed by atoms with Crippen molar-refractivity contribution in [3.05, 3.63) is 89.8 Å². The van der Waals surface area contributed by atoms with Crippen molar-refractivity contribution in [1.82, 2.24) is 5.32 Å². The number of hydrogen-bond donors (Lipinski definition) is 1. The van der Waals surface area contributed by atoms with Gasteiger partial charge < -0.3 is 10.2 Å². The molecule has 0 aromatic heterocycles. The number of alkyl halides is 2. The second kappa shape index (κ2) is 10.7. The molecule has 8 heteroatoms. The molecule has 3 rings (SSSR count). The van der Waals surface area contributed by atoms with Gasteiger partial charge in [-0.2, -0.15) is 0 Å². The summed E-state index contributed by atoms with van der Waals surface area (Å²) in [6.07, 6.45) is 3.04. The Hall–Kier alpha value is -3.00. The van der Waals surface area contributed by atoms with E-state index in [1.54, 1.807) is 53.4 Å². The number of amides is 1. The van der Waals surface area contributed by atoms with Crippen LogP contribution in [0, 0.1) is 5.82 Å². The minimum absolute atomic E-state index is 0.197. The van der Waals surface area contributed by atoms with Crippen molar-refractivity contribution in [2.45, 2.75) is 32.4 Å². The van der Waals surface area contributed by atoms with E-state index in [1.165, 1.54) is 23.9 Å². The second-order valence-electron chi connectivity index (χ2n) is 7.93. The highest BCUT2D eigenvalue weighted by atomic mass is 32.2. The predicted octanol–water partition coefficient (Wildman–Crippen LogP) is 5.82. The van der Waals surface area contributed by atoms with Crippen LogP contribution < -0.4 is 10.2 Å². The van der Waals surface area contributed by atoms with E-state index in [2.05, 4.69) is 16.9 Å². The number of aliphatic imine (C=N–C) groups is 1. The highest BCUT2D eigenvalue weighted by Gasteiger charge is 2.34. The average Bonchev–Trinajstić information content (AvgIpc) is 3.03. The molecule has 2 aromatic rings. The largest absolute Gasteiger partial charge is 0.348 e. The average molecular weight is 474 g/mol. The van der Waals surface area contributed by atoms with E-state index < -0.39 is 17.8 Å². The third-order valence-electron chi connectivity index (χ3n) is 4.88. The molecule has 174 valence electrons. The summed E-state index contributed by atoms with van der Waals surface area (Å²) < 4.78 is 42.8. The second-order valence-corrected chi connectivity index (χ2v) is 8.91. The summed E-state index contributed by atoms with van der Waals surface area (Å²) in [6.45, 7) is 6.99. The number of carbonyl (C=O) groups excluding carboxylic acids is 1. The lowest BCUT2D eigenvalue weighted by atomic mass is 10.1. The normalized spacial score (nSPS) is 16.0. The SMILES string of the molecule is C=C(C)CNC(=O)c1ccc(CN(C2=NC(C(C)(F)F)C=CCS2)c2ccccc2F)cc1. The zero-order valence-electron chi connectivity index (χ0n) is 18.5. The molecule has 1 heterocycles. The van der Waals surface area contributed by atoms with Gasteiger partial charge in [0.1, 0.15) is 11.9 Å². The Morgan fingerprint density at radius 2 is 1.94 bits per heavy atom. The Bertz CT molecular complexity index is 1060. The van der Waals surface area contributed by atoms with Gasteiger partial charge in [0.05, 0.1) is 12.2 Å². The van der Waals surface area contributed by atoms with Gasteiger partial charge >= 0.3 is 0 Å². The molecular weight excluding hydrogens is 447 g/mol. The standard InChI is InChI=1S/C25H26F3N3OS/c1-17(2)15-29-23(32)19-12-10-18(11-13-19)16-31(21-8-5-4-7-20(21)26)24-30-22(25(3,27)28)9-6-14-33-24/h4-13,22H,1,14-16H2,2-3H3,(H,29,32). The number of carbonyl (C=O) groups is 1. The zero-order chi connectivity index (χ0) is 24.0. The van der Waals surface area contributed by atoms with Gasteiger partial charge in [0, 0.05) is 24.8 Å². The maximum atomic E-state index is 14.7. The molecule has 1 aliphatic rings. The fourth-order valence-electron chi connectivity index (χ4n) is 3.14. The summed E-state index contributed by atoms with van der Waals surface area (Å²) in [7, 11) is 0. The van der Waals surface area contributed by atoms with Crippen molar-refractivity contribution in [2.24, 2.45) is 4.99 Å². The molecule has 1 N–H and O–H groups in total. The smallest absolute Gasteiger partial charge is 0.270 e. The molecule has 0 bridgehead atoms. The number of hydrogen-bond acceptors (Lipinski definition) is 4. The van der Waals surface area contributed by atoms with Crippen LogP contribution in [-0.2, 0) is 6.54 Å². The molecule has 0 saturated carbocycles. The predicted molar refractivity (Wildman–Crippen MR) is 130 cm³/mol. The van der Waals surface area contributed by atoms with Crippen LogP contribution in [0.4, 0.5) is 18.9 Å². The van der Waals surface area contributed by atoms with Crippen LogP contribution in [-0.4, -0.2) is 35.3 Å². The van der Waals surface area contributed by atoms with Gasteiger partial charge in [-0.15, -0.1) is 0 Å². The van der Waals surface area contributed by atoms with Gasteiger partial charge in [-0.25, -0.2) is 18.2 Å². The van der Waals surface area contributed by atoms with Crippen LogP contribution in [0.25, 0.3) is 0 Å². The first-order chi connectivity index (χ1) is 15.6. The third kappa shape index (κ3) is 6.74. The zero-order valence-corrected chi connectivity index (χ0v) is 19.3. The molecule has 1 atom stereocenters. The number of anilines is 1. The fraction of sp³-hybridized carbons (Fsp3) is 0.280. The van der Waals surface area contributed by atoms with Crippen LogP contribution in [0.2, 0.25) is 0 Å². The maximum absolute atomic E-state index is 14.7. The summed E-state index contributed by atoms with van der Waals surface area (Å²) in [4.78, 5) is 18.1. The van der Waals surface area contributed by atoms with Crippen molar-refractivity contribution in [1.29, 1.82) is 0 Å². The number of rotatable bonds is 7. The van der Waals surface area contributed by atoms with Crippen LogP contribution >= 0.6 is 11.8 Å². The van der Waals surface area contributed by atoms with Crippen LogP contribution in [0.15, 0.2) is 77.8 Å². The number of para-hydroxylation sites is 1. The van der Waals surface area contributed by atoms with Crippen LogP contribution in [0.1, 0.15) is 29.8 Å². The first kappa shape index (κ1) is 24.6.